The third-order valence-electron chi connectivity index (χ3n) is 3.77. The van der Waals surface area contributed by atoms with Crippen molar-refractivity contribution in [2.45, 2.75) is 38.1 Å². The van der Waals surface area contributed by atoms with Gasteiger partial charge in [-0.1, -0.05) is 43.2 Å². The number of hydrogen-bond acceptors (Lipinski definition) is 2. The van der Waals surface area contributed by atoms with Crippen LogP contribution in [-0.4, -0.2) is 41.8 Å². The number of nitrogens with one attached hydrogen (secondary N) is 1. The van der Waals surface area contributed by atoms with Crippen molar-refractivity contribution in [1.29, 1.82) is 0 Å². The Bertz CT molecular complexity index is 400. The monoisotopic (exact) mass is 276 g/mol. The summed E-state index contributed by atoms with van der Waals surface area (Å²) < 4.78 is 0. The molecule has 4 heteroatoms. The van der Waals surface area contributed by atoms with Gasteiger partial charge in [-0.2, -0.15) is 0 Å². The van der Waals surface area contributed by atoms with E-state index in [-0.39, 0.29) is 18.7 Å². The van der Waals surface area contributed by atoms with Gasteiger partial charge in [-0.25, -0.2) is 4.79 Å². The lowest BCUT2D eigenvalue weighted by Gasteiger charge is -2.24. The van der Waals surface area contributed by atoms with Gasteiger partial charge < -0.3 is 15.3 Å². The molecule has 1 atom stereocenters. The number of carbonyl (C=O) groups excluding carboxylic acids is 1. The van der Waals surface area contributed by atoms with Crippen molar-refractivity contribution in [3.63, 3.8) is 0 Å². The normalized spacial score (nSPS) is 17.4. The maximum atomic E-state index is 12.2. The first-order valence-electron chi connectivity index (χ1n) is 7.50. The summed E-state index contributed by atoms with van der Waals surface area (Å²) in [6, 6.07) is 9.69. The topological polar surface area (TPSA) is 52.6 Å². The van der Waals surface area contributed by atoms with Gasteiger partial charge in [-0.3, -0.25) is 0 Å². The van der Waals surface area contributed by atoms with E-state index in [0.29, 0.717) is 6.42 Å². The van der Waals surface area contributed by atoms with Crippen molar-refractivity contribution < 1.29 is 9.90 Å². The van der Waals surface area contributed by atoms with Crippen LogP contribution in [0.4, 0.5) is 4.79 Å². The lowest BCUT2D eigenvalue weighted by Crippen LogP contribution is -2.47. The highest BCUT2D eigenvalue weighted by atomic mass is 16.3. The second-order valence-corrected chi connectivity index (χ2v) is 5.42. The highest BCUT2D eigenvalue weighted by molar-refractivity contribution is 5.74. The molecule has 2 rings (SSSR count). The number of aliphatic hydroxyl groups excluding tert-OH is 1. The minimum Gasteiger partial charge on any atom is -0.394 e. The Morgan fingerprint density at radius 1 is 1.15 bits per heavy atom. The summed E-state index contributed by atoms with van der Waals surface area (Å²) >= 11 is 0. The molecule has 0 unspecified atom stereocenters. The van der Waals surface area contributed by atoms with Crippen LogP contribution < -0.4 is 5.32 Å². The van der Waals surface area contributed by atoms with Gasteiger partial charge in [0.25, 0.3) is 0 Å². The van der Waals surface area contributed by atoms with Gasteiger partial charge in [0.05, 0.1) is 12.6 Å². The van der Waals surface area contributed by atoms with E-state index in [1.807, 2.05) is 35.2 Å². The number of urea groups is 1. The molecule has 1 aliphatic rings. The van der Waals surface area contributed by atoms with Gasteiger partial charge in [0, 0.05) is 13.1 Å². The fourth-order valence-electron chi connectivity index (χ4n) is 2.60. The fourth-order valence-corrected chi connectivity index (χ4v) is 2.60. The Kier molecular flexibility index (Phi) is 5.87. The molecular weight excluding hydrogens is 252 g/mol. The molecular formula is C16H24N2O2. The number of hydrogen-bond donors (Lipinski definition) is 2. The minimum atomic E-state index is -0.215. The number of benzene rings is 1. The highest BCUT2D eigenvalue weighted by Crippen LogP contribution is 2.10. The van der Waals surface area contributed by atoms with Gasteiger partial charge in [-0.05, 0) is 24.8 Å². The largest absolute Gasteiger partial charge is 0.394 e. The molecule has 4 nitrogen and oxygen atoms in total. The molecule has 1 saturated heterocycles. The van der Waals surface area contributed by atoms with Gasteiger partial charge >= 0.3 is 6.03 Å². The van der Waals surface area contributed by atoms with Crippen LogP contribution in [0.15, 0.2) is 30.3 Å². The van der Waals surface area contributed by atoms with Crippen LogP contribution in [0.2, 0.25) is 0 Å². The molecule has 0 saturated carbocycles. The van der Waals surface area contributed by atoms with E-state index in [1.54, 1.807) is 0 Å². The van der Waals surface area contributed by atoms with Crippen molar-refractivity contribution in [2.24, 2.45) is 0 Å². The zero-order valence-electron chi connectivity index (χ0n) is 11.9. The third kappa shape index (κ3) is 4.53. The number of amides is 2. The Balaban J connectivity index is 1.87. The smallest absolute Gasteiger partial charge is 0.317 e. The lowest BCUT2D eigenvalue weighted by atomic mass is 10.1. The zero-order chi connectivity index (χ0) is 14.2. The molecule has 2 N–H and O–H groups in total. The lowest BCUT2D eigenvalue weighted by molar-refractivity contribution is 0.183. The van der Waals surface area contributed by atoms with Gasteiger partial charge in [0.2, 0.25) is 0 Å². The van der Waals surface area contributed by atoms with E-state index in [4.69, 9.17) is 0 Å². The molecule has 1 aromatic carbocycles. The molecule has 110 valence electrons. The molecule has 1 aliphatic heterocycles. The number of aliphatic hydroxyl groups is 1. The minimum absolute atomic E-state index is 0.0333. The molecule has 0 aliphatic carbocycles. The summed E-state index contributed by atoms with van der Waals surface area (Å²) in [5.74, 6) is 0. The molecule has 2 amide bonds. The molecule has 0 spiro atoms. The first-order chi connectivity index (χ1) is 9.79. The van der Waals surface area contributed by atoms with Crippen LogP contribution in [0, 0.1) is 0 Å². The molecule has 1 heterocycles. The quantitative estimate of drug-likeness (QED) is 0.885. The maximum Gasteiger partial charge on any atom is 0.317 e. The van der Waals surface area contributed by atoms with E-state index < -0.39 is 0 Å². The summed E-state index contributed by atoms with van der Waals surface area (Å²) in [6.45, 7) is 1.62. The third-order valence-corrected chi connectivity index (χ3v) is 3.77. The second-order valence-electron chi connectivity index (χ2n) is 5.42. The van der Waals surface area contributed by atoms with Crippen molar-refractivity contribution in [3.8, 4) is 0 Å². The molecule has 1 aromatic rings. The second kappa shape index (κ2) is 7.90. The van der Waals surface area contributed by atoms with Crippen LogP contribution in [0.3, 0.4) is 0 Å². The average Bonchev–Trinajstić information content (AvgIpc) is 2.76. The van der Waals surface area contributed by atoms with Crippen LogP contribution in [0.25, 0.3) is 0 Å². The standard InChI is InChI=1S/C16H24N2O2/c19-13-15(12-14-8-4-3-5-9-14)17-16(20)18-10-6-1-2-7-11-18/h3-5,8-9,15,19H,1-2,6-7,10-13H2,(H,17,20)/t15-/m1/s1. The Morgan fingerprint density at radius 3 is 2.40 bits per heavy atom. The Hall–Kier alpha value is -1.55. The molecule has 0 bridgehead atoms. The van der Waals surface area contributed by atoms with Crippen molar-refractivity contribution >= 4 is 6.03 Å². The fraction of sp³-hybridized carbons (Fsp3) is 0.562. The zero-order valence-corrected chi connectivity index (χ0v) is 11.9. The summed E-state index contributed by atoms with van der Waals surface area (Å²) in [7, 11) is 0. The number of nitrogens with zero attached hydrogens (tertiary/aromatic N) is 1. The molecule has 0 radical (unpaired) electrons. The highest BCUT2D eigenvalue weighted by Gasteiger charge is 2.18. The van der Waals surface area contributed by atoms with E-state index >= 15 is 0 Å². The molecule has 20 heavy (non-hydrogen) atoms. The molecule has 0 aromatic heterocycles. The molecule has 1 fully saturated rings. The van der Waals surface area contributed by atoms with Gasteiger partial charge in [0.15, 0.2) is 0 Å². The van der Waals surface area contributed by atoms with Crippen LogP contribution in [-0.2, 0) is 6.42 Å². The number of rotatable bonds is 4. The van der Waals surface area contributed by atoms with E-state index in [0.717, 1.165) is 31.5 Å². The Morgan fingerprint density at radius 2 is 1.80 bits per heavy atom. The van der Waals surface area contributed by atoms with Gasteiger partial charge in [0.1, 0.15) is 0 Å². The summed E-state index contributed by atoms with van der Waals surface area (Å²) in [5, 5.41) is 12.4. The predicted octanol–water partition coefficient (Wildman–Crippen LogP) is 2.18. The van der Waals surface area contributed by atoms with Crippen molar-refractivity contribution in [2.75, 3.05) is 19.7 Å². The first-order valence-corrected chi connectivity index (χ1v) is 7.50. The first kappa shape index (κ1) is 14.9. The SMILES string of the molecule is O=C(N[C@@H](CO)Cc1ccccc1)N1CCCCCC1. The summed E-state index contributed by atoms with van der Waals surface area (Å²) in [4.78, 5) is 14.1. The number of carbonyl (C=O) groups is 1. The van der Waals surface area contributed by atoms with Crippen molar-refractivity contribution in [3.05, 3.63) is 35.9 Å². The van der Waals surface area contributed by atoms with E-state index in [2.05, 4.69) is 5.32 Å². The number of likely N-dealkylation sites (tertiary alicyclic amines) is 1. The summed E-state index contributed by atoms with van der Waals surface area (Å²) in [5.41, 5.74) is 1.13. The van der Waals surface area contributed by atoms with Crippen LogP contribution in [0.5, 0.6) is 0 Å². The Labute approximate surface area is 120 Å². The van der Waals surface area contributed by atoms with Crippen LogP contribution >= 0.6 is 0 Å². The predicted molar refractivity (Wildman–Crippen MR) is 79.6 cm³/mol. The van der Waals surface area contributed by atoms with E-state index in [1.165, 1.54) is 12.8 Å². The van der Waals surface area contributed by atoms with Crippen molar-refractivity contribution in [1.82, 2.24) is 10.2 Å². The van der Waals surface area contributed by atoms with Gasteiger partial charge in [-0.15, -0.1) is 0 Å². The summed E-state index contributed by atoms with van der Waals surface area (Å²) in [6.07, 6.45) is 5.23. The average molecular weight is 276 g/mol. The maximum absolute atomic E-state index is 12.2. The van der Waals surface area contributed by atoms with Crippen LogP contribution in [0.1, 0.15) is 31.2 Å². The van der Waals surface area contributed by atoms with E-state index in [9.17, 15) is 9.90 Å².